The summed E-state index contributed by atoms with van der Waals surface area (Å²) < 4.78 is 2.42. The summed E-state index contributed by atoms with van der Waals surface area (Å²) in [5.74, 6) is 1.77. The van der Waals surface area contributed by atoms with Crippen LogP contribution in [0.1, 0.15) is 69.2 Å². The van der Waals surface area contributed by atoms with Crippen molar-refractivity contribution in [2.75, 3.05) is 0 Å². The molecule has 2 heterocycles. The van der Waals surface area contributed by atoms with Gasteiger partial charge >= 0.3 is 0 Å². The molecule has 2 saturated carbocycles. The van der Waals surface area contributed by atoms with E-state index >= 15 is 0 Å². The molecule has 2 fully saturated rings. The maximum atomic E-state index is 13.1. The molecule has 0 radical (unpaired) electrons. The van der Waals surface area contributed by atoms with Crippen LogP contribution < -0.4 is 5.56 Å². The third-order valence-electron chi connectivity index (χ3n) is 8.77. The van der Waals surface area contributed by atoms with Crippen LogP contribution in [-0.4, -0.2) is 9.55 Å². The Hall–Kier alpha value is -1.90. The molecular weight excluding hydrogens is 308 g/mol. The molecule has 0 saturated heterocycles. The predicted octanol–water partition coefficient (Wildman–Crippen LogP) is 4.20. The van der Waals surface area contributed by atoms with E-state index in [0.29, 0.717) is 17.3 Å². The first kappa shape index (κ1) is 14.3. The molecule has 25 heavy (non-hydrogen) atoms. The van der Waals surface area contributed by atoms with Gasteiger partial charge in [-0.2, -0.15) is 4.98 Å². The summed E-state index contributed by atoms with van der Waals surface area (Å²) in [5, 5.41) is 0. The highest BCUT2D eigenvalue weighted by molar-refractivity contribution is 5.66. The van der Waals surface area contributed by atoms with E-state index in [0.717, 1.165) is 29.9 Å². The van der Waals surface area contributed by atoms with Gasteiger partial charge in [0.25, 0.3) is 5.56 Å². The zero-order chi connectivity index (χ0) is 17.4. The van der Waals surface area contributed by atoms with Crippen LogP contribution in [0.4, 0.5) is 0 Å². The van der Waals surface area contributed by atoms with Crippen LogP contribution in [-0.2, 0) is 12.0 Å². The maximum Gasteiger partial charge on any atom is 0.276 e. The second-order valence-corrected chi connectivity index (χ2v) is 9.63. The number of benzene rings is 1. The molecule has 4 aliphatic rings. The lowest BCUT2D eigenvalue weighted by Crippen LogP contribution is -2.70. The van der Waals surface area contributed by atoms with Crippen LogP contribution in [0.15, 0.2) is 29.1 Å². The number of hydrogen-bond acceptors (Lipinski definition) is 2. The molecular formula is C22H24N2O. The molecule has 2 aromatic rings. The molecule has 0 bridgehead atoms. The summed E-state index contributed by atoms with van der Waals surface area (Å²) in [5.41, 5.74) is 5.66. The van der Waals surface area contributed by atoms with Crippen molar-refractivity contribution >= 4 is 0 Å². The van der Waals surface area contributed by atoms with Crippen molar-refractivity contribution in [3.05, 3.63) is 51.4 Å². The molecule has 3 nitrogen and oxygen atoms in total. The highest BCUT2D eigenvalue weighted by atomic mass is 16.1. The van der Waals surface area contributed by atoms with Gasteiger partial charge in [-0.3, -0.25) is 4.79 Å². The van der Waals surface area contributed by atoms with Crippen molar-refractivity contribution in [3.63, 3.8) is 0 Å². The highest BCUT2D eigenvalue weighted by Crippen LogP contribution is 2.87. The average molecular weight is 332 g/mol. The van der Waals surface area contributed by atoms with Crippen molar-refractivity contribution in [3.8, 4) is 11.4 Å². The first-order valence-corrected chi connectivity index (χ1v) is 9.56. The van der Waals surface area contributed by atoms with Crippen molar-refractivity contribution < 1.29 is 0 Å². The Labute approximate surface area is 148 Å². The highest BCUT2D eigenvalue weighted by Gasteiger charge is 2.81. The number of hydrogen-bond donors (Lipinski definition) is 0. The van der Waals surface area contributed by atoms with Crippen molar-refractivity contribution in [1.29, 1.82) is 0 Å². The van der Waals surface area contributed by atoms with E-state index < -0.39 is 0 Å². The third kappa shape index (κ3) is 1.20. The summed E-state index contributed by atoms with van der Waals surface area (Å²) in [7, 11) is 0. The van der Waals surface area contributed by atoms with E-state index in [1.54, 1.807) is 0 Å². The SMILES string of the molecule is CC1Cn2c(nc(=O)c3c2C2(C)CC4(C)CC3C42C)-c2ccccc21. The third-order valence-corrected chi connectivity index (χ3v) is 8.77. The molecule has 128 valence electrons. The van der Waals surface area contributed by atoms with Crippen LogP contribution in [0.3, 0.4) is 0 Å². The fourth-order valence-electron chi connectivity index (χ4n) is 7.40. The van der Waals surface area contributed by atoms with Crippen molar-refractivity contribution in [2.24, 2.45) is 10.8 Å². The summed E-state index contributed by atoms with van der Waals surface area (Å²) >= 11 is 0. The maximum absolute atomic E-state index is 13.1. The van der Waals surface area contributed by atoms with Crippen LogP contribution in [0.2, 0.25) is 0 Å². The monoisotopic (exact) mass is 332 g/mol. The van der Waals surface area contributed by atoms with Gasteiger partial charge in [-0.25, -0.2) is 0 Å². The van der Waals surface area contributed by atoms with Crippen molar-refractivity contribution in [1.82, 2.24) is 9.55 Å². The molecule has 5 unspecified atom stereocenters. The lowest BCUT2D eigenvalue weighted by molar-refractivity contribution is -0.228. The Kier molecular flexibility index (Phi) is 2.15. The summed E-state index contributed by atoms with van der Waals surface area (Å²) in [6.07, 6.45) is 2.37. The van der Waals surface area contributed by atoms with Gasteiger partial charge in [0.2, 0.25) is 0 Å². The van der Waals surface area contributed by atoms with Gasteiger partial charge in [0, 0.05) is 28.8 Å². The van der Waals surface area contributed by atoms with E-state index in [2.05, 4.69) is 61.5 Å². The van der Waals surface area contributed by atoms with Gasteiger partial charge < -0.3 is 4.57 Å². The van der Waals surface area contributed by atoms with Crippen LogP contribution in [0.5, 0.6) is 0 Å². The van der Waals surface area contributed by atoms with E-state index in [1.165, 1.54) is 17.7 Å². The van der Waals surface area contributed by atoms with E-state index in [4.69, 9.17) is 0 Å². The van der Waals surface area contributed by atoms with Crippen LogP contribution in [0.25, 0.3) is 11.4 Å². The number of aromatic nitrogens is 2. The first-order chi connectivity index (χ1) is 11.8. The average Bonchev–Trinajstić information content (AvgIpc) is 2.67. The minimum Gasteiger partial charge on any atom is -0.328 e. The smallest absolute Gasteiger partial charge is 0.276 e. The molecule has 1 aromatic carbocycles. The van der Waals surface area contributed by atoms with Crippen LogP contribution >= 0.6 is 0 Å². The molecule has 0 amide bonds. The molecule has 5 atom stereocenters. The molecule has 1 aromatic heterocycles. The fourth-order valence-corrected chi connectivity index (χ4v) is 7.40. The lowest BCUT2D eigenvalue weighted by atomic mass is 9.28. The second kappa shape index (κ2) is 3.77. The first-order valence-electron chi connectivity index (χ1n) is 9.56. The topological polar surface area (TPSA) is 34.9 Å². The molecule has 0 spiro atoms. The van der Waals surface area contributed by atoms with Gasteiger partial charge in [0.15, 0.2) is 0 Å². The Bertz CT molecular complexity index is 1040. The molecule has 1 aliphatic heterocycles. The predicted molar refractivity (Wildman–Crippen MR) is 97.9 cm³/mol. The Morgan fingerprint density at radius 3 is 2.72 bits per heavy atom. The van der Waals surface area contributed by atoms with Crippen molar-refractivity contribution in [2.45, 2.75) is 64.3 Å². The lowest BCUT2D eigenvalue weighted by Gasteiger charge is -2.75. The summed E-state index contributed by atoms with van der Waals surface area (Å²) in [4.78, 5) is 17.7. The standard InChI is InChI=1S/C22H24N2O/c1-12-10-24-17-16(15-9-20(2)11-21(17,3)22(15,20)4)19(25)23-18(24)14-8-6-5-7-13(12)14/h5-8,12,15H,9-11H2,1-4H3. The molecule has 6 rings (SSSR count). The quantitative estimate of drug-likeness (QED) is 0.724. The van der Waals surface area contributed by atoms with Gasteiger partial charge in [0.05, 0.1) is 0 Å². The minimum absolute atomic E-state index is 0.0366. The normalized spacial score (nSPS) is 41.8. The number of rotatable bonds is 0. The van der Waals surface area contributed by atoms with Gasteiger partial charge in [-0.05, 0) is 41.1 Å². The van der Waals surface area contributed by atoms with E-state index in [9.17, 15) is 4.79 Å². The van der Waals surface area contributed by atoms with Crippen LogP contribution in [0, 0.1) is 10.8 Å². The largest absolute Gasteiger partial charge is 0.328 e. The molecule has 3 aliphatic carbocycles. The summed E-state index contributed by atoms with van der Waals surface area (Å²) in [6.45, 7) is 10.5. The summed E-state index contributed by atoms with van der Waals surface area (Å²) in [6, 6.07) is 8.48. The van der Waals surface area contributed by atoms with E-state index in [-0.39, 0.29) is 16.4 Å². The minimum atomic E-state index is 0.0366. The zero-order valence-electron chi connectivity index (χ0n) is 15.4. The van der Waals surface area contributed by atoms with Gasteiger partial charge in [-0.15, -0.1) is 0 Å². The fraction of sp³-hybridized carbons (Fsp3) is 0.545. The zero-order valence-corrected chi connectivity index (χ0v) is 15.4. The Balaban J connectivity index is 1.71. The van der Waals surface area contributed by atoms with Gasteiger partial charge in [0.1, 0.15) is 5.82 Å². The molecule has 3 heteroatoms. The van der Waals surface area contributed by atoms with E-state index in [1.807, 2.05) is 0 Å². The molecule has 0 N–H and O–H groups in total. The second-order valence-electron chi connectivity index (χ2n) is 9.63. The number of fused-ring (bicyclic) bond motifs is 7. The Morgan fingerprint density at radius 1 is 1.20 bits per heavy atom. The van der Waals surface area contributed by atoms with Gasteiger partial charge in [-0.1, -0.05) is 52.0 Å². The number of nitrogens with zero attached hydrogens (tertiary/aromatic N) is 2. The Morgan fingerprint density at radius 2 is 1.96 bits per heavy atom.